The van der Waals surface area contributed by atoms with Crippen molar-refractivity contribution in [3.63, 3.8) is 0 Å². The van der Waals surface area contributed by atoms with E-state index in [4.69, 9.17) is 4.74 Å². The van der Waals surface area contributed by atoms with Gasteiger partial charge in [-0.15, -0.1) is 24.0 Å². The maximum absolute atomic E-state index is 12.0. The average molecular weight is 489 g/mol. The van der Waals surface area contributed by atoms with Crippen LogP contribution in [0, 0.1) is 11.8 Å². The van der Waals surface area contributed by atoms with Gasteiger partial charge in [0.05, 0.1) is 25.1 Å². The number of carbonyl (C=O) groups excluding carboxylic acids is 2. The number of pyridine rings is 1. The quantitative estimate of drug-likeness (QED) is 0.205. The summed E-state index contributed by atoms with van der Waals surface area (Å²) in [6.45, 7) is 6.97. The zero-order valence-corrected chi connectivity index (χ0v) is 18.3. The molecule has 1 fully saturated rings. The van der Waals surface area contributed by atoms with Crippen molar-refractivity contribution >= 4 is 41.8 Å². The van der Waals surface area contributed by atoms with Crippen molar-refractivity contribution < 1.29 is 14.3 Å². The number of amides is 1. The number of hydrogen-bond acceptors (Lipinski definition) is 5. The Bertz CT molecular complexity index is 641. The van der Waals surface area contributed by atoms with E-state index < -0.39 is 0 Å². The molecule has 0 bridgehead atoms. The lowest BCUT2D eigenvalue weighted by Crippen LogP contribution is -2.41. The Labute approximate surface area is 177 Å². The fourth-order valence-electron chi connectivity index (χ4n) is 2.95. The number of likely N-dealkylation sites (tertiary alicyclic amines) is 1. The van der Waals surface area contributed by atoms with E-state index >= 15 is 0 Å². The number of aromatic nitrogens is 1. The highest BCUT2D eigenvalue weighted by Crippen LogP contribution is 2.24. The van der Waals surface area contributed by atoms with Crippen molar-refractivity contribution in [3.05, 3.63) is 30.1 Å². The van der Waals surface area contributed by atoms with E-state index in [1.807, 2.05) is 13.8 Å². The smallest absolute Gasteiger partial charge is 0.310 e. The second-order valence-electron chi connectivity index (χ2n) is 6.25. The van der Waals surface area contributed by atoms with Gasteiger partial charge in [0.25, 0.3) is 5.91 Å². The molecule has 9 heteroatoms. The van der Waals surface area contributed by atoms with Crippen LogP contribution in [0.5, 0.6) is 0 Å². The predicted molar refractivity (Wildman–Crippen MR) is 114 cm³/mol. The summed E-state index contributed by atoms with van der Waals surface area (Å²) in [4.78, 5) is 34.4. The minimum absolute atomic E-state index is 0. The van der Waals surface area contributed by atoms with E-state index in [9.17, 15) is 9.59 Å². The van der Waals surface area contributed by atoms with Gasteiger partial charge in [-0.3, -0.25) is 19.6 Å². The lowest BCUT2D eigenvalue weighted by molar-refractivity contribution is -0.145. The summed E-state index contributed by atoms with van der Waals surface area (Å²) in [6.07, 6.45) is 3.16. The maximum atomic E-state index is 12.0. The summed E-state index contributed by atoms with van der Waals surface area (Å²) < 4.78 is 4.88. The van der Waals surface area contributed by atoms with Gasteiger partial charge in [-0.1, -0.05) is 6.92 Å². The normalized spacial score (nSPS) is 19.2. The highest BCUT2D eigenvalue weighted by molar-refractivity contribution is 14.0. The van der Waals surface area contributed by atoms with Crippen LogP contribution in [0.25, 0.3) is 0 Å². The molecule has 1 aliphatic heterocycles. The molecule has 8 nitrogen and oxygen atoms in total. The van der Waals surface area contributed by atoms with Gasteiger partial charge in [0, 0.05) is 38.6 Å². The summed E-state index contributed by atoms with van der Waals surface area (Å²) in [5.41, 5.74) is 0.526. The molecule has 2 heterocycles. The van der Waals surface area contributed by atoms with Gasteiger partial charge in [-0.05, 0) is 25.0 Å². The first-order valence-electron chi connectivity index (χ1n) is 8.86. The first kappa shape index (κ1) is 23.1. The minimum atomic E-state index is -0.181. The monoisotopic (exact) mass is 489 g/mol. The molecule has 1 aromatic rings. The molecule has 1 amide bonds. The molecule has 1 aromatic heterocycles. The van der Waals surface area contributed by atoms with E-state index in [1.54, 1.807) is 18.3 Å². The van der Waals surface area contributed by atoms with Crippen LogP contribution >= 0.6 is 24.0 Å². The molecular formula is C18H28IN5O3. The van der Waals surface area contributed by atoms with Crippen LogP contribution in [-0.2, 0) is 9.53 Å². The number of guanidine groups is 1. The maximum Gasteiger partial charge on any atom is 0.310 e. The Morgan fingerprint density at radius 2 is 2.15 bits per heavy atom. The Balaban J connectivity index is 0.00000364. The number of nitrogens with zero attached hydrogens (tertiary/aromatic N) is 3. The zero-order chi connectivity index (χ0) is 18.9. The Morgan fingerprint density at radius 1 is 1.37 bits per heavy atom. The highest BCUT2D eigenvalue weighted by atomic mass is 127. The number of esters is 1. The number of halogens is 1. The molecule has 0 radical (unpaired) electrons. The Morgan fingerprint density at radius 3 is 2.78 bits per heavy atom. The van der Waals surface area contributed by atoms with Crippen molar-refractivity contribution in [2.24, 2.45) is 16.8 Å². The molecule has 2 unspecified atom stereocenters. The van der Waals surface area contributed by atoms with Crippen LogP contribution in [0.3, 0.4) is 0 Å². The number of nitrogens with one attached hydrogen (secondary N) is 2. The van der Waals surface area contributed by atoms with E-state index in [0.717, 1.165) is 19.0 Å². The molecule has 0 aliphatic carbocycles. The number of methoxy groups -OCH3 is 1. The van der Waals surface area contributed by atoms with Gasteiger partial charge < -0.3 is 20.3 Å². The van der Waals surface area contributed by atoms with Gasteiger partial charge >= 0.3 is 5.97 Å². The highest BCUT2D eigenvalue weighted by Gasteiger charge is 2.36. The van der Waals surface area contributed by atoms with Gasteiger partial charge in [0.1, 0.15) is 0 Å². The van der Waals surface area contributed by atoms with Gasteiger partial charge in [-0.25, -0.2) is 0 Å². The van der Waals surface area contributed by atoms with Crippen molar-refractivity contribution in [3.8, 4) is 0 Å². The zero-order valence-electron chi connectivity index (χ0n) is 16.0. The number of rotatable bonds is 6. The third kappa shape index (κ3) is 6.64. The van der Waals surface area contributed by atoms with Gasteiger partial charge in [0.2, 0.25) is 0 Å². The minimum Gasteiger partial charge on any atom is -0.469 e. The molecule has 2 rings (SSSR count). The fraction of sp³-hybridized carbons (Fsp3) is 0.556. The van der Waals surface area contributed by atoms with Crippen LogP contribution in [0.1, 0.15) is 24.2 Å². The van der Waals surface area contributed by atoms with Crippen molar-refractivity contribution in [1.29, 1.82) is 0 Å². The molecule has 27 heavy (non-hydrogen) atoms. The van der Waals surface area contributed by atoms with Crippen molar-refractivity contribution in [2.45, 2.75) is 13.8 Å². The van der Waals surface area contributed by atoms with E-state index in [0.29, 0.717) is 25.2 Å². The van der Waals surface area contributed by atoms with Gasteiger partial charge in [0.15, 0.2) is 5.96 Å². The number of aliphatic imine (C=N–C) groups is 1. The lowest BCUT2D eigenvalue weighted by Gasteiger charge is -2.21. The molecule has 2 N–H and O–H groups in total. The second kappa shape index (κ2) is 11.7. The second-order valence-corrected chi connectivity index (χ2v) is 6.25. The summed E-state index contributed by atoms with van der Waals surface area (Å²) >= 11 is 0. The molecular weight excluding hydrogens is 461 g/mol. The van der Waals surface area contributed by atoms with E-state index in [2.05, 4.69) is 25.5 Å². The summed E-state index contributed by atoms with van der Waals surface area (Å²) in [7, 11) is 1.42. The number of ether oxygens (including phenoxy) is 1. The standard InChI is InChI=1S/C18H27N5O3.HI/c1-4-20-18(23-11-13(2)15(12-23)17(25)26-3)22-9-8-21-16(24)14-6-5-7-19-10-14;/h5-7,10,13,15H,4,8-9,11-12H2,1-3H3,(H,20,22)(H,21,24);1H. The summed E-state index contributed by atoms with van der Waals surface area (Å²) in [5.74, 6) is 0.463. The van der Waals surface area contributed by atoms with Crippen LogP contribution in [0.2, 0.25) is 0 Å². The number of hydrogen-bond donors (Lipinski definition) is 2. The third-order valence-corrected chi connectivity index (χ3v) is 4.33. The molecule has 0 spiro atoms. The summed E-state index contributed by atoms with van der Waals surface area (Å²) in [5, 5.41) is 6.07. The molecule has 0 aromatic carbocycles. The first-order valence-corrected chi connectivity index (χ1v) is 8.86. The Hall–Kier alpha value is -1.91. The third-order valence-electron chi connectivity index (χ3n) is 4.33. The molecule has 1 aliphatic rings. The van der Waals surface area contributed by atoms with Gasteiger partial charge in [-0.2, -0.15) is 0 Å². The van der Waals surface area contributed by atoms with E-state index in [-0.39, 0.29) is 47.7 Å². The SMILES string of the molecule is CCNC(=NCCNC(=O)c1cccnc1)N1CC(C)C(C(=O)OC)C1.I. The van der Waals surface area contributed by atoms with Crippen molar-refractivity contribution in [1.82, 2.24) is 20.5 Å². The average Bonchev–Trinajstić information content (AvgIpc) is 3.05. The summed E-state index contributed by atoms with van der Waals surface area (Å²) in [6, 6.07) is 3.44. The lowest BCUT2D eigenvalue weighted by atomic mass is 9.99. The van der Waals surface area contributed by atoms with Crippen LogP contribution in [0.15, 0.2) is 29.5 Å². The molecule has 0 saturated carbocycles. The topological polar surface area (TPSA) is 95.9 Å². The molecule has 1 saturated heterocycles. The van der Waals surface area contributed by atoms with Crippen LogP contribution < -0.4 is 10.6 Å². The fourth-order valence-corrected chi connectivity index (χ4v) is 2.95. The van der Waals surface area contributed by atoms with E-state index in [1.165, 1.54) is 13.3 Å². The molecule has 150 valence electrons. The first-order chi connectivity index (χ1) is 12.6. The number of carbonyl (C=O) groups is 2. The van der Waals surface area contributed by atoms with Crippen LogP contribution in [-0.4, -0.2) is 67.6 Å². The Kier molecular flexibility index (Phi) is 10.0. The van der Waals surface area contributed by atoms with Crippen LogP contribution in [0.4, 0.5) is 0 Å². The predicted octanol–water partition coefficient (Wildman–Crippen LogP) is 1.14. The largest absolute Gasteiger partial charge is 0.469 e. The molecule has 2 atom stereocenters. The van der Waals surface area contributed by atoms with Crippen molar-refractivity contribution in [2.75, 3.05) is 39.8 Å².